The molecule has 6 nitrogen and oxygen atoms in total. The molecule has 0 spiro atoms. The molecule has 3 aromatic rings. The van der Waals surface area contributed by atoms with Gasteiger partial charge in [-0.05, 0) is 55.0 Å². The van der Waals surface area contributed by atoms with Crippen LogP contribution >= 0.6 is 11.3 Å². The number of thiophene rings is 1. The standard InChI is InChI=1S/C24H28N4O2S/c1-29-18-7-9-19(10-8-18)30-23-21-17-27(16-20-6-5-15-31-20)14-11-22(21)25-24(26-23)28-12-3-2-4-13-28/h5-10,15H,2-4,11-14,16-17H2,1H3. The molecular formula is C24H28N4O2S. The first-order chi connectivity index (χ1) is 15.3. The van der Waals surface area contributed by atoms with Crippen molar-refractivity contribution in [3.05, 3.63) is 57.9 Å². The van der Waals surface area contributed by atoms with Crippen molar-refractivity contribution in [3.63, 3.8) is 0 Å². The molecule has 0 bridgehead atoms. The van der Waals surface area contributed by atoms with Crippen LogP contribution in [0.25, 0.3) is 0 Å². The van der Waals surface area contributed by atoms with Crippen LogP contribution in [0.1, 0.15) is 35.4 Å². The van der Waals surface area contributed by atoms with Crippen LogP contribution in [0.15, 0.2) is 41.8 Å². The normalized spacial score (nSPS) is 16.7. The van der Waals surface area contributed by atoms with Gasteiger partial charge in [-0.2, -0.15) is 4.98 Å². The van der Waals surface area contributed by atoms with E-state index in [0.29, 0.717) is 5.88 Å². The maximum Gasteiger partial charge on any atom is 0.228 e. The van der Waals surface area contributed by atoms with Crippen LogP contribution in [0, 0.1) is 0 Å². The lowest BCUT2D eigenvalue weighted by molar-refractivity contribution is 0.240. The van der Waals surface area contributed by atoms with Gasteiger partial charge in [-0.1, -0.05) is 6.07 Å². The van der Waals surface area contributed by atoms with Crippen molar-refractivity contribution in [1.29, 1.82) is 0 Å². The van der Waals surface area contributed by atoms with Crippen LogP contribution in [0.3, 0.4) is 0 Å². The maximum absolute atomic E-state index is 6.33. The molecule has 4 heterocycles. The molecule has 0 saturated carbocycles. The third-order valence-corrected chi connectivity index (χ3v) is 6.82. The molecule has 0 radical (unpaired) electrons. The van der Waals surface area contributed by atoms with Gasteiger partial charge < -0.3 is 14.4 Å². The van der Waals surface area contributed by atoms with E-state index in [1.165, 1.54) is 24.1 Å². The Kier molecular flexibility index (Phi) is 6.04. The summed E-state index contributed by atoms with van der Waals surface area (Å²) in [5.41, 5.74) is 2.24. The van der Waals surface area contributed by atoms with Gasteiger partial charge in [-0.15, -0.1) is 11.3 Å². The van der Waals surface area contributed by atoms with Gasteiger partial charge in [0.1, 0.15) is 11.5 Å². The number of rotatable bonds is 6. The average molecular weight is 437 g/mol. The molecular weight excluding hydrogens is 408 g/mol. The smallest absolute Gasteiger partial charge is 0.228 e. The summed E-state index contributed by atoms with van der Waals surface area (Å²) in [6.07, 6.45) is 4.60. The van der Waals surface area contributed by atoms with E-state index in [1.54, 1.807) is 18.4 Å². The van der Waals surface area contributed by atoms with Crippen molar-refractivity contribution in [2.75, 3.05) is 31.6 Å². The highest BCUT2D eigenvalue weighted by Crippen LogP contribution is 2.33. The first-order valence-corrected chi connectivity index (χ1v) is 11.9. The van der Waals surface area contributed by atoms with E-state index >= 15 is 0 Å². The number of aromatic nitrogens is 2. The van der Waals surface area contributed by atoms with Gasteiger partial charge in [0.15, 0.2) is 0 Å². The Morgan fingerprint density at radius 2 is 1.77 bits per heavy atom. The quantitative estimate of drug-likeness (QED) is 0.549. The fourth-order valence-electron chi connectivity index (χ4n) is 4.26. The van der Waals surface area contributed by atoms with Gasteiger partial charge in [-0.3, -0.25) is 4.90 Å². The molecule has 0 N–H and O–H groups in total. The number of fused-ring (bicyclic) bond motifs is 1. The van der Waals surface area contributed by atoms with Crippen molar-refractivity contribution in [2.24, 2.45) is 0 Å². The lowest BCUT2D eigenvalue weighted by Gasteiger charge is -2.31. The molecule has 0 aliphatic carbocycles. The zero-order chi connectivity index (χ0) is 21.0. The summed E-state index contributed by atoms with van der Waals surface area (Å²) in [5, 5.41) is 2.14. The summed E-state index contributed by atoms with van der Waals surface area (Å²) in [7, 11) is 1.67. The van der Waals surface area contributed by atoms with Crippen LogP contribution < -0.4 is 14.4 Å². The Morgan fingerprint density at radius 1 is 0.968 bits per heavy atom. The molecule has 0 atom stereocenters. The summed E-state index contributed by atoms with van der Waals surface area (Å²) in [6, 6.07) is 12.0. The van der Waals surface area contributed by atoms with Crippen LogP contribution in [0.2, 0.25) is 0 Å². The lowest BCUT2D eigenvalue weighted by atomic mass is 10.1. The van der Waals surface area contributed by atoms with E-state index in [0.717, 1.165) is 67.8 Å². The molecule has 1 aromatic carbocycles. The van der Waals surface area contributed by atoms with E-state index in [2.05, 4.69) is 27.3 Å². The average Bonchev–Trinajstić information content (AvgIpc) is 3.33. The molecule has 0 amide bonds. The second-order valence-corrected chi connectivity index (χ2v) is 9.15. The van der Waals surface area contributed by atoms with E-state index < -0.39 is 0 Å². The van der Waals surface area contributed by atoms with Crippen LogP contribution in [-0.4, -0.2) is 41.6 Å². The Hall–Kier alpha value is -2.64. The molecule has 2 aliphatic rings. The first kappa shape index (κ1) is 20.3. The van der Waals surface area contributed by atoms with Crippen LogP contribution in [0.5, 0.6) is 17.4 Å². The Balaban J connectivity index is 1.45. The molecule has 162 valence electrons. The molecule has 2 aromatic heterocycles. The van der Waals surface area contributed by atoms with E-state index in [-0.39, 0.29) is 0 Å². The fourth-order valence-corrected chi connectivity index (χ4v) is 5.01. The molecule has 1 saturated heterocycles. The summed E-state index contributed by atoms with van der Waals surface area (Å²) in [4.78, 5) is 16.1. The van der Waals surface area contributed by atoms with E-state index in [1.807, 2.05) is 24.3 Å². The van der Waals surface area contributed by atoms with Gasteiger partial charge in [0.05, 0.1) is 18.4 Å². The maximum atomic E-state index is 6.33. The number of anilines is 1. The number of hydrogen-bond acceptors (Lipinski definition) is 7. The van der Waals surface area contributed by atoms with Crippen molar-refractivity contribution in [1.82, 2.24) is 14.9 Å². The molecule has 5 rings (SSSR count). The van der Waals surface area contributed by atoms with Crippen molar-refractivity contribution in [3.8, 4) is 17.4 Å². The second kappa shape index (κ2) is 9.24. The molecule has 0 unspecified atom stereocenters. The Bertz CT molecular complexity index is 1000. The highest BCUT2D eigenvalue weighted by Gasteiger charge is 2.26. The summed E-state index contributed by atoms with van der Waals surface area (Å²) in [5.74, 6) is 3.08. The Morgan fingerprint density at radius 3 is 2.52 bits per heavy atom. The molecule has 2 aliphatic heterocycles. The van der Waals surface area contributed by atoms with Gasteiger partial charge in [-0.25, -0.2) is 4.98 Å². The predicted molar refractivity (Wildman–Crippen MR) is 123 cm³/mol. The summed E-state index contributed by atoms with van der Waals surface area (Å²) < 4.78 is 11.6. The predicted octanol–water partition coefficient (Wildman–Crippen LogP) is 4.89. The summed E-state index contributed by atoms with van der Waals surface area (Å²) in [6.45, 7) is 4.80. The third kappa shape index (κ3) is 4.67. The number of piperidine rings is 1. The van der Waals surface area contributed by atoms with Crippen molar-refractivity contribution < 1.29 is 9.47 Å². The zero-order valence-electron chi connectivity index (χ0n) is 17.9. The fraction of sp³-hybridized carbons (Fsp3) is 0.417. The molecule has 31 heavy (non-hydrogen) atoms. The van der Waals surface area contributed by atoms with Gasteiger partial charge in [0, 0.05) is 44.0 Å². The monoisotopic (exact) mass is 436 g/mol. The summed E-state index contributed by atoms with van der Waals surface area (Å²) >= 11 is 1.81. The molecule has 1 fully saturated rings. The van der Waals surface area contributed by atoms with Crippen molar-refractivity contribution in [2.45, 2.75) is 38.8 Å². The third-order valence-electron chi connectivity index (χ3n) is 5.96. The number of hydrogen-bond donors (Lipinski definition) is 0. The molecule has 7 heteroatoms. The number of benzene rings is 1. The zero-order valence-corrected chi connectivity index (χ0v) is 18.7. The minimum atomic E-state index is 0.687. The SMILES string of the molecule is COc1ccc(Oc2nc(N3CCCCC3)nc3c2CN(Cc2cccs2)CC3)cc1. The minimum absolute atomic E-state index is 0.687. The topological polar surface area (TPSA) is 50.7 Å². The highest BCUT2D eigenvalue weighted by molar-refractivity contribution is 7.09. The van der Waals surface area contributed by atoms with Gasteiger partial charge in [0.25, 0.3) is 0 Å². The van der Waals surface area contributed by atoms with E-state index in [4.69, 9.17) is 19.4 Å². The van der Waals surface area contributed by atoms with Crippen LogP contribution in [0.4, 0.5) is 5.95 Å². The van der Waals surface area contributed by atoms with Crippen molar-refractivity contribution >= 4 is 17.3 Å². The minimum Gasteiger partial charge on any atom is -0.497 e. The second-order valence-electron chi connectivity index (χ2n) is 8.12. The number of nitrogens with zero attached hydrogens (tertiary/aromatic N) is 4. The largest absolute Gasteiger partial charge is 0.497 e. The highest BCUT2D eigenvalue weighted by atomic mass is 32.1. The van der Waals surface area contributed by atoms with E-state index in [9.17, 15) is 0 Å². The first-order valence-electron chi connectivity index (χ1n) is 11.0. The van der Waals surface area contributed by atoms with Crippen LogP contribution in [-0.2, 0) is 19.5 Å². The lowest BCUT2D eigenvalue weighted by Crippen LogP contribution is -2.34. The Labute approximate surface area is 187 Å². The number of methoxy groups -OCH3 is 1. The van der Waals surface area contributed by atoms with Gasteiger partial charge >= 0.3 is 0 Å². The number of ether oxygens (including phenoxy) is 2. The van der Waals surface area contributed by atoms with Gasteiger partial charge in [0.2, 0.25) is 11.8 Å².